The Morgan fingerprint density at radius 1 is 0.375 bits per heavy atom. The van der Waals surface area contributed by atoms with Crippen LogP contribution in [0.1, 0.15) is 220 Å². The molecule has 6 heteroatoms. The Balaban J connectivity index is 4.39. The molecule has 0 spiro atoms. The maximum Gasteiger partial charge on any atom is 0.306 e. The molecule has 0 saturated carbocycles. The molecule has 0 saturated heterocycles. The van der Waals surface area contributed by atoms with Crippen molar-refractivity contribution < 1.29 is 28.6 Å². The van der Waals surface area contributed by atoms with Crippen LogP contribution in [0, 0.1) is 0 Å². The summed E-state index contributed by atoms with van der Waals surface area (Å²) in [7, 11) is 0. The van der Waals surface area contributed by atoms with Crippen LogP contribution < -0.4 is 0 Å². The Kier molecular flexibility index (Phi) is 42.5. The number of carbonyl (C=O) groups is 3. The molecule has 0 aliphatic rings. The van der Waals surface area contributed by atoms with Gasteiger partial charge in [-0.05, 0) is 83.5 Å². The van der Waals surface area contributed by atoms with Gasteiger partial charge >= 0.3 is 17.9 Å². The first kappa shape index (κ1) is 53.1. The van der Waals surface area contributed by atoms with Gasteiger partial charge in [-0.1, -0.05) is 178 Å². The van der Waals surface area contributed by atoms with Crippen LogP contribution in [-0.4, -0.2) is 37.2 Å². The van der Waals surface area contributed by atoms with Crippen molar-refractivity contribution in [3.63, 3.8) is 0 Å². The first-order chi connectivity index (χ1) is 27.5. The van der Waals surface area contributed by atoms with E-state index in [0.717, 1.165) is 109 Å². The average molecular weight is 783 g/mol. The summed E-state index contributed by atoms with van der Waals surface area (Å²) < 4.78 is 16.7. The highest BCUT2D eigenvalue weighted by Crippen LogP contribution is 2.13. The van der Waals surface area contributed by atoms with E-state index in [4.69, 9.17) is 14.2 Å². The first-order valence-corrected chi connectivity index (χ1v) is 23.3. The summed E-state index contributed by atoms with van der Waals surface area (Å²) in [6, 6.07) is 0. The molecule has 0 N–H and O–H groups in total. The van der Waals surface area contributed by atoms with Gasteiger partial charge in [0.25, 0.3) is 0 Å². The molecule has 0 rings (SSSR count). The number of unbranched alkanes of at least 4 members (excludes halogenated alkanes) is 20. The van der Waals surface area contributed by atoms with Crippen molar-refractivity contribution in [3.8, 4) is 0 Å². The van der Waals surface area contributed by atoms with Crippen molar-refractivity contribution in [1.29, 1.82) is 0 Å². The number of hydrogen-bond donors (Lipinski definition) is 0. The number of hydrogen-bond acceptors (Lipinski definition) is 6. The van der Waals surface area contributed by atoms with Crippen LogP contribution in [0.2, 0.25) is 0 Å². The molecule has 0 amide bonds. The molecule has 0 fully saturated rings. The molecule has 0 radical (unpaired) electrons. The molecule has 1 unspecified atom stereocenters. The van der Waals surface area contributed by atoms with Crippen LogP contribution in [0.4, 0.5) is 0 Å². The van der Waals surface area contributed by atoms with Gasteiger partial charge in [0.1, 0.15) is 13.2 Å². The van der Waals surface area contributed by atoms with Gasteiger partial charge in [0, 0.05) is 19.3 Å². The molecular formula is C50H86O6. The highest BCUT2D eigenvalue weighted by Gasteiger charge is 2.19. The van der Waals surface area contributed by atoms with Gasteiger partial charge in [0.2, 0.25) is 0 Å². The second-order valence-corrected chi connectivity index (χ2v) is 15.3. The second kappa shape index (κ2) is 44.8. The third-order valence-electron chi connectivity index (χ3n) is 9.76. The number of ether oxygens (including phenoxy) is 3. The van der Waals surface area contributed by atoms with Crippen LogP contribution in [0.3, 0.4) is 0 Å². The number of carbonyl (C=O) groups excluding carboxylic acids is 3. The third-order valence-corrected chi connectivity index (χ3v) is 9.76. The van der Waals surface area contributed by atoms with Crippen molar-refractivity contribution in [1.82, 2.24) is 0 Å². The smallest absolute Gasteiger partial charge is 0.306 e. The van der Waals surface area contributed by atoms with E-state index < -0.39 is 6.10 Å². The van der Waals surface area contributed by atoms with E-state index in [1.54, 1.807) is 0 Å². The maximum atomic E-state index is 12.7. The second-order valence-electron chi connectivity index (χ2n) is 15.3. The lowest BCUT2D eigenvalue weighted by molar-refractivity contribution is -0.167. The standard InChI is InChI=1S/C50H86O6/c1-4-7-10-13-16-19-21-23-24-25-26-27-29-31-34-37-40-43-49(52)55-46-47(45-54-48(51)42-39-36-33-30-18-15-12-9-6-3)56-50(53)44-41-38-35-32-28-22-20-17-14-11-8-5-2/h7,10,16-17,19-20,23-24,26-27,47H,4-6,8-9,11-15,18,21-22,25,28-46H2,1-3H3/b10-7-,19-16-,20-17-,24-23-,27-26-. The number of esters is 3. The summed E-state index contributed by atoms with van der Waals surface area (Å²) >= 11 is 0. The van der Waals surface area contributed by atoms with Crippen LogP contribution >= 0.6 is 0 Å². The van der Waals surface area contributed by atoms with E-state index in [1.165, 1.54) is 70.6 Å². The third kappa shape index (κ3) is 42.3. The molecule has 6 nitrogen and oxygen atoms in total. The highest BCUT2D eigenvalue weighted by molar-refractivity contribution is 5.71. The molecule has 0 aromatic rings. The van der Waals surface area contributed by atoms with Crippen molar-refractivity contribution in [2.75, 3.05) is 13.2 Å². The summed E-state index contributed by atoms with van der Waals surface area (Å²) in [5.74, 6) is -0.924. The van der Waals surface area contributed by atoms with Crippen LogP contribution in [0.15, 0.2) is 60.8 Å². The number of allylic oxidation sites excluding steroid dienone is 10. The minimum Gasteiger partial charge on any atom is -0.462 e. The van der Waals surface area contributed by atoms with E-state index in [1.807, 2.05) is 0 Å². The molecule has 56 heavy (non-hydrogen) atoms. The molecular weight excluding hydrogens is 697 g/mol. The summed E-state index contributed by atoms with van der Waals surface area (Å²) in [5, 5.41) is 0. The lowest BCUT2D eigenvalue weighted by atomic mass is 10.1. The van der Waals surface area contributed by atoms with Gasteiger partial charge < -0.3 is 14.2 Å². The molecule has 0 heterocycles. The summed E-state index contributed by atoms with van der Waals surface area (Å²) in [6.45, 7) is 6.44. The molecule has 0 aliphatic heterocycles. The van der Waals surface area contributed by atoms with Crippen LogP contribution in [-0.2, 0) is 28.6 Å². The van der Waals surface area contributed by atoms with Gasteiger partial charge in [-0.25, -0.2) is 0 Å². The quantitative estimate of drug-likeness (QED) is 0.0266. The molecule has 0 aromatic heterocycles. The monoisotopic (exact) mass is 783 g/mol. The van der Waals surface area contributed by atoms with Crippen LogP contribution in [0.5, 0.6) is 0 Å². The van der Waals surface area contributed by atoms with Crippen molar-refractivity contribution in [2.45, 2.75) is 226 Å². The number of rotatable bonds is 41. The Hall–Kier alpha value is -2.89. The zero-order chi connectivity index (χ0) is 40.8. The van der Waals surface area contributed by atoms with E-state index in [9.17, 15) is 14.4 Å². The van der Waals surface area contributed by atoms with Gasteiger partial charge in [0.15, 0.2) is 6.10 Å². The zero-order valence-electron chi connectivity index (χ0n) is 36.6. The minimum absolute atomic E-state index is 0.0848. The minimum atomic E-state index is -0.784. The molecule has 322 valence electrons. The SMILES string of the molecule is CC/C=C\C/C=C\C/C=C\C/C=C\CCCCCCC(=O)OCC(COC(=O)CCCCCCCCCCC)OC(=O)CCCCCCC/C=C\CCCCC. The summed E-state index contributed by atoms with van der Waals surface area (Å²) in [4.78, 5) is 37.7. The largest absolute Gasteiger partial charge is 0.462 e. The molecule has 0 aromatic carbocycles. The van der Waals surface area contributed by atoms with Crippen molar-refractivity contribution >= 4 is 17.9 Å². The Labute approximate surface area is 345 Å². The summed E-state index contributed by atoms with van der Waals surface area (Å²) in [5.41, 5.74) is 0. The Morgan fingerprint density at radius 2 is 0.696 bits per heavy atom. The fraction of sp³-hybridized carbons (Fsp3) is 0.740. The van der Waals surface area contributed by atoms with E-state index >= 15 is 0 Å². The van der Waals surface area contributed by atoms with Gasteiger partial charge in [-0.3, -0.25) is 14.4 Å². The first-order valence-electron chi connectivity index (χ1n) is 23.3. The fourth-order valence-corrected chi connectivity index (χ4v) is 6.25. The Morgan fingerprint density at radius 3 is 1.14 bits per heavy atom. The Bertz CT molecular complexity index is 1040. The summed E-state index contributed by atoms with van der Waals surface area (Å²) in [6.07, 6.45) is 53.4. The van der Waals surface area contributed by atoms with E-state index in [2.05, 4.69) is 81.5 Å². The lowest BCUT2D eigenvalue weighted by Gasteiger charge is -2.18. The van der Waals surface area contributed by atoms with Crippen molar-refractivity contribution in [2.24, 2.45) is 0 Å². The molecule has 0 bridgehead atoms. The maximum absolute atomic E-state index is 12.7. The van der Waals surface area contributed by atoms with Crippen molar-refractivity contribution in [3.05, 3.63) is 60.8 Å². The van der Waals surface area contributed by atoms with Gasteiger partial charge in [-0.2, -0.15) is 0 Å². The zero-order valence-corrected chi connectivity index (χ0v) is 36.6. The predicted molar refractivity (Wildman–Crippen MR) is 238 cm³/mol. The van der Waals surface area contributed by atoms with Gasteiger partial charge in [-0.15, -0.1) is 0 Å². The topological polar surface area (TPSA) is 78.9 Å². The molecule has 0 aliphatic carbocycles. The van der Waals surface area contributed by atoms with Crippen LogP contribution in [0.25, 0.3) is 0 Å². The van der Waals surface area contributed by atoms with Gasteiger partial charge in [0.05, 0.1) is 0 Å². The highest BCUT2D eigenvalue weighted by atomic mass is 16.6. The predicted octanol–water partition coefficient (Wildman–Crippen LogP) is 14.9. The van der Waals surface area contributed by atoms with E-state index in [0.29, 0.717) is 19.3 Å². The normalized spacial score (nSPS) is 12.6. The average Bonchev–Trinajstić information content (AvgIpc) is 3.19. The lowest BCUT2D eigenvalue weighted by Crippen LogP contribution is -2.30. The van der Waals surface area contributed by atoms with E-state index in [-0.39, 0.29) is 31.1 Å². The molecule has 1 atom stereocenters. The fourth-order valence-electron chi connectivity index (χ4n) is 6.25.